The van der Waals surface area contributed by atoms with Gasteiger partial charge in [0.1, 0.15) is 0 Å². The SMILES string of the molecule is CCOC(=O)OCCCS(=O)(=O)F. The van der Waals surface area contributed by atoms with Crippen LogP contribution in [0.25, 0.3) is 0 Å². The van der Waals surface area contributed by atoms with Crippen LogP contribution in [0.2, 0.25) is 0 Å². The fraction of sp³-hybridized carbons (Fsp3) is 0.833. The molecule has 0 saturated heterocycles. The van der Waals surface area contributed by atoms with E-state index in [0.29, 0.717) is 0 Å². The predicted octanol–water partition coefficient (Wildman–Crippen LogP) is 0.849. The van der Waals surface area contributed by atoms with Gasteiger partial charge in [-0.05, 0) is 13.3 Å². The molecule has 0 saturated carbocycles. The Morgan fingerprint density at radius 1 is 1.38 bits per heavy atom. The number of ether oxygens (including phenoxy) is 2. The highest BCUT2D eigenvalue weighted by atomic mass is 32.3. The molecule has 0 aliphatic carbocycles. The molecule has 7 heteroatoms. The third-order valence-corrected chi connectivity index (χ3v) is 1.79. The Bertz CT molecular complexity index is 248. The lowest BCUT2D eigenvalue weighted by Crippen LogP contribution is -2.10. The highest BCUT2D eigenvalue weighted by molar-refractivity contribution is 7.86. The molecule has 0 N–H and O–H groups in total. The van der Waals surface area contributed by atoms with Gasteiger partial charge in [0.05, 0.1) is 19.0 Å². The van der Waals surface area contributed by atoms with Crippen LogP contribution in [0.5, 0.6) is 0 Å². The number of carbonyl (C=O) groups excluding carboxylic acids is 1. The molecule has 0 aliphatic heterocycles. The van der Waals surface area contributed by atoms with Crippen molar-refractivity contribution in [1.29, 1.82) is 0 Å². The van der Waals surface area contributed by atoms with E-state index in [2.05, 4.69) is 9.47 Å². The summed E-state index contributed by atoms with van der Waals surface area (Å²) < 4.78 is 40.5. The first-order valence-electron chi connectivity index (χ1n) is 3.67. The lowest BCUT2D eigenvalue weighted by atomic mass is 10.5. The van der Waals surface area contributed by atoms with Crippen LogP contribution in [0.4, 0.5) is 8.68 Å². The maximum absolute atomic E-state index is 11.9. The maximum atomic E-state index is 11.9. The van der Waals surface area contributed by atoms with Crippen molar-refractivity contribution in [3.63, 3.8) is 0 Å². The van der Waals surface area contributed by atoms with Crippen molar-refractivity contribution in [3.8, 4) is 0 Å². The average Bonchev–Trinajstić information content (AvgIpc) is 1.97. The quantitative estimate of drug-likeness (QED) is 0.385. The molecule has 0 aliphatic rings. The van der Waals surface area contributed by atoms with E-state index < -0.39 is 22.1 Å². The molecule has 0 unspecified atom stereocenters. The molecule has 13 heavy (non-hydrogen) atoms. The summed E-state index contributed by atoms with van der Waals surface area (Å²) >= 11 is 0. The Labute approximate surface area is 76.0 Å². The van der Waals surface area contributed by atoms with Crippen LogP contribution in [0.15, 0.2) is 0 Å². The van der Waals surface area contributed by atoms with E-state index in [1.165, 1.54) is 0 Å². The van der Waals surface area contributed by atoms with E-state index in [1.54, 1.807) is 6.92 Å². The van der Waals surface area contributed by atoms with Crippen molar-refractivity contribution in [1.82, 2.24) is 0 Å². The van der Waals surface area contributed by atoms with Gasteiger partial charge < -0.3 is 9.47 Å². The Morgan fingerprint density at radius 2 is 2.00 bits per heavy atom. The lowest BCUT2D eigenvalue weighted by molar-refractivity contribution is 0.0592. The van der Waals surface area contributed by atoms with Gasteiger partial charge in [-0.2, -0.15) is 8.42 Å². The van der Waals surface area contributed by atoms with Crippen LogP contribution < -0.4 is 0 Å². The van der Waals surface area contributed by atoms with Gasteiger partial charge in [-0.3, -0.25) is 0 Å². The second-order valence-electron chi connectivity index (χ2n) is 2.13. The molecule has 78 valence electrons. The Morgan fingerprint density at radius 3 is 2.46 bits per heavy atom. The van der Waals surface area contributed by atoms with Gasteiger partial charge in [-0.15, -0.1) is 3.89 Å². The van der Waals surface area contributed by atoms with E-state index in [1.807, 2.05) is 0 Å². The Balaban J connectivity index is 3.41. The van der Waals surface area contributed by atoms with Gasteiger partial charge in [0.15, 0.2) is 0 Å². The molecular formula is C6H11FO5S. The zero-order valence-electron chi connectivity index (χ0n) is 7.16. The standard InChI is InChI=1S/C6H11FO5S/c1-2-11-6(8)12-4-3-5-13(7,9)10/h2-5H2,1H3. The summed E-state index contributed by atoms with van der Waals surface area (Å²) in [6.07, 6.45) is -0.948. The van der Waals surface area contributed by atoms with Crippen LogP contribution in [0.1, 0.15) is 13.3 Å². The highest BCUT2D eigenvalue weighted by Crippen LogP contribution is 1.95. The van der Waals surface area contributed by atoms with Gasteiger partial charge in [0.2, 0.25) is 0 Å². The van der Waals surface area contributed by atoms with Crippen molar-refractivity contribution in [3.05, 3.63) is 0 Å². The largest absolute Gasteiger partial charge is 0.508 e. The third kappa shape index (κ3) is 9.06. The zero-order valence-corrected chi connectivity index (χ0v) is 7.97. The molecule has 5 nitrogen and oxygen atoms in total. The average molecular weight is 214 g/mol. The molecule has 0 fully saturated rings. The van der Waals surface area contributed by atoms with E-state index in [0.717, 1.165) is 0 Å². The van der Waals surface area contributed by atoms with Gasteiger partial charge in [0, 0.05) is 0 Å². The summed E-state index contributed by atoms with van der Waals surface area (Å²) in [6, 6.07) is 0. The van der Waals surface area contributed by atoms with Gasteiger partial charge in [0.25, 0.3) is 0 Å². The van der Waals surface area contributed by atoms with Crippen molar-refractivity contribution in [2.75, 3.05) is 19.0 Å². The van der Waals surface area contributed by atoms with E-state index >= 15 is 0 Å². The topological polar surface area (TPSA) is 69.7 Å². The van der Waals surface area contributed by atoms with Gasteiger partial charge in [-0.25, -0.2) is 4.79 Å². The molecule has 0 aromatic carbocycles. The van der Waals surface area contributed by atoms with Crippen LogP contribution >= 0.6 is 0 Å². The number of carbonyl (C=O) groups is 1. The molecule has 0 atom stereocenters. The molecule has 0 amide bonds. The van der Waals surface area contributed by atoms with E-state index in [9.17, 15) is 17.1 Å². The lowest BCUT2D eigenvalue weighted by Gasteiger charge is -2.02. The fourth-order valence-electron chi connectivity index (χ4n) is 0.546. The maximum Gasteiger partial charge on any atom is 0.508 e. The van der Waals surface area contributed by atoms with Crippen LogP contribution in [-0.4, -0.2) is 33.5 Å². The second kappa shape index (κ2) is 5.74. The number of halogens is 1. The first-order valence-corrected chi connectivity index (χ1v) is 5.23. The third-order valence-electron chi connectivity index (χ3n) is 1.01. The van der Waals surface area contributed by atoms with Crippen molar-refractivity contribution < 1.29 is 26.6 Å². The summed E-state index contributed by atoms with van der Waals surface area (Å²) in [5.41, 5.74) is 0. The minimum atomic E-state index is -4.47. The van der Waals surface area contributed by atoms with Crippen molar-refractivity contribution in [2.24, 2.45) is 0 Å². The number of hydrogen-bond acceptors (Lipinski definition) is 5. The van der Waals surface area contributed by atoms with E-state index in [-0.39, 0.29) is 19.6 Å². The summed E-state index contributed by atoms with van der Waals surface area (Å²) in [5, 5.41) is 0. The summed E-state index contributed by atoms with van der Waals surface area (Å²) in [4.78, 5) is 10.5. The van der Waals surface area contributed by atoms with Crippen molar-refractivity contribution in [2.45, 2.75) is 13.3 Å². The number of hydrogen-bond donors (Lipinski definition) is 0. The van der Waals surface area contributed by atoms with Crippen LogP contribution in [-0.2, 0) is 19.7 Å². The molecular weight excluding hydrogens is 203 g/mol. The number of rotatable bonds is 5. The molecule has 0 heterocycles. The fourth-order valence-corrected chi connectivity index (χ4v) is 1.01. The highest BCUT2D eigenvalue weighted by Gasteiger charge is 2.07. The molecule has 0 aromatic heterocycles. The van der Waals surface area contributed by atoms with E-state index in [4.69, 9.17) is 0 Å². The van der Waals surface area contributed by atoms with Crippen molar-refractivity contribution >= 4 is 16.4 Å². The predicted molar refractivity (Wildman–Crippen MR) is 42.5 cm³/mol. The Hall–Kier alpha value is -0.850. The summed E-state index contributed by atoms with van der Waals surface area (Å²) in [5.74, 6) is -0.646. The molecule has 0 aromatic rings. The zero-order chi connectivity index (χ0) is 10.3. The second-order valence-corrected chi connectivity index (χ2v) is 3.61. The monoisotopic (exact) mass is 214 g/mol. The molecule has 0 radical (unpaired) electrons. The first-order chi connectivity index (χ1) is 5.95. The summed E-state index contributed by atoms with van der Waals surface area (Å²) in [6.45, 7) is 1.62. The Kier molecular flexibility index (Phi) is 5.36. The molecule has 0 spiro atoms. The van der Waals surface area contributed by atoms with Crippen LogP contribution in [0, 0.1) is 0 Å². The molecule has 0 bridgehead atoms. The normalized spacial score (nSPS) is 10.9. The molecule has 0 rings (SSSR count). The minimum absolute atomic E-state index is 0.0718. The smallest absolute Gasteiger partial charge is 0.435 e. The summed E-state index contributed by atoms with van der Waals surface area (Å²) in [7, 11) is -4.47. The van der Waals surface area contributed by atoms with Crippen LogP contribution in [0.3, 0.4) is 0 Å². The first kappa shape index (κ1) is 12.2. The van der Waals surface area contributed by atoms with Gasteiger partial charge >= 0.3 is 16.4 Å². The van der Waals surface area contributed by atoms with Gasteiger partial charge in [-0.1, -0.05) is 0 Å². The minimum Gasteiger partial charge on any atom is -0.435 e.